The molecule has 0 bridgehead atoms. The molecule has 0 saturated heterocycles. The highest BCUT2D eigenvalue weighted by molar-refractivity contribution is 7.12. The standard InChI is InChI=1S/C16H16FNO4S/c1-22-10-12-6-7-23-15(12)16(21)18(9-14(19)20)8-11-2-4-13(17)5-3-11/h2-7H,8-10H2,1H3,(H,19,20). The first kappa shape index (κ1) is 17.1. The molecule has 23 heavy (non-hydrogen) atoms. The molecule has 0 saturated carbocycles. The van der Waals surface area contributed by atoms with Crippen molar-refractivity contribution in [1.29, 1.82) is 0 Å². The Labute approximate surface area is 136 Å². The molecule has 0 unspecified atom stereocenters. The number of carbonyl (C=O) groups excluding carboxylic acids is 1. The van der Waals surface area contributed by atoms with Crippen LogP contribution in [-0.4, -0.2) is 35.5 Å². The largest absolute Gasteiger partial charge is 0.480 e. The Bertz CT molecular complexity index is 684. The lowest BCUT2D eigenvalue weighted by Gasteiger charge is -2.21. The van der Waals surface area contributed by atoms with Crippen molar-refractivity contribution >= 4 is 23.2 Å². The number of rotatable bonds is 7. The van der Waals surface area contributed by atoms with E-state index in [1.54, 1.807) is 11.4 Å². The third kappa shape index (κ3) is 4.61. The van der Waals surface area contributed by atoms with E-state index in [0.29, 0.717) is 10.4 Å². The van der Waals surface area contributed by atoms with E-state index in [1.807, 2.05) is 0 Å². The number of nitrogens with zero attached hydrogens (tertiary/aromatic N) is 1. The van der Waals surface area contributed by atoms with Gasteiger partial charge < -0.3 is 14.7 Å². The Morgan fingerprint density at radius 3 is 2.57 bits per heavy atom. The first-order chi connectivity index (χ1) is 11.0. The molecule has 0 aliphatic rings. The highest BCUT2D eigenvalue weighted by Crippen LogP contribution is 2.21. The Morgan fingerprint density at radius 1 is 1.26 bits per heavy atom. The number of halogens is 1. The topological polar surface area (TPSA) is 66.8 Å². The Balaban J connectivity index is 2.22. The molecule has 1 heterocycles. The number of aliphatic carboxylic acids is 1. The molecule has 7 heteroatoms. The highest BCUT2D eigenvalue weighted by Gasteiger charge is 2.22. The van der Waals surface area contributed by atoms with Crippen LogP contribution >= 0.6 is 11.3 Å². The molecule has 5 nitrogen and oxygen atoms in total. The van der Waals surface area contributed by atoms with E-state index in [1.165, 1.54) is 47.6 Å². The molecule has 0 atom stereocenters. The molecular weight excluding hydrogens is 321 g/mol. The molecule has 0 aliphatic heterocycles. The fourth-order valence-corrected chi connectivity index (χ4v) is 2.99. The van der Waals surface area contributed by atoms with Crippen LogP contribution in [0.3, 0.4) is 0 Å². The minimum absolute atomic E-state index is 0.0930. The van der Waals surface area contributed by atoms with Crippen molar-refractivity contribution in [1.82, 2.24) is 4.90 Å². The van der Waals surface area contributed by atoms with E-state index in [0.717, 1.165) is 5.56 Å². The van der Waals surface area contributed by atoms with Gasteiger partial charge in [-0.15, -0.1) is 11.3 Å². The maximum absolute atomic E-state index is 13.0. The molecule has 0 radical (unpaired) electrons. The molecule has 122 valence electrons. The summed E-state index contributed by atoms with van der Waals surface area (Å²) < 4.78 is 18.0. The molecule has 2 aromatic rings. The van der Waals surface area contributed by atoms with Gasteiger partial charge in [-0.25, -0.2) is 4.39 Å². The van der Waals surface area contributed by atoms with Crippen LogP contribution in [-0.2, 0) is 22.7 Å². The number of ether oxygens (including phenoxy) is 1. The third-order valence-electron chi connectivity index (χ3n) is 3.14. The van der Waals surface area contributed by atoms with E-state index in [-0.39, 0.29) is 24.9 Å². The second-order valence-corrected chi connectivity index (χ2v) is 5.81. The average molecular weight is 337 g/mol. The van der Waals surface area contributed by atoms with Crippen LogP contribution in [0.2, 0.25) is 0 Å². The predicted molar refractivity (Wildman–Crippen MR) is 83.8 cm³/mol. The summed E-state index contributed by atoms with van der Waals surface area (Å²) in [7, 11) is 1.53. The number of amides is 1. The van der Waals surface area contributed by atoms with Gasteiger partial charge in [0.05, 0.1) is 11.5 Å². The summed E-state index contributed by atoms with van der Waals surface area (Å²) in [6.45, 7) is -0.0572. The van der Waals surface area contributed by atoms with Crippen LogP contribution in [0.1, 0.15) is 20.8 Å². The summed E-state index contributed by atoms with van der Waals surface area (Å²) >= 11 is 1.24. The predicted octanol–water partition coefficient (Wildman–Crippen LogP) is 2.76. The first-order valence-corrected chi connectivity index (χ1v) is 7.70. The van der Waals surface area contributed by atoms with Crippen LogP contribution in [0, 0.1) is 5.82 Å². The van der Waals surface area contributed by atoms with Crippen molar-refractivity contribution in [3.63, 3.8) is 0 Å². The molecule has 2 rings (SSSR count). The van der Waals surface area contributed by atoms with Gasteiger partial charge in [0.1, 0.15) is 12.4 Å². The van der Waals surface area contributed by atoms with Gasteiger partial charge in [0.2, 0.25) is 0 Å². The van der Waals surface area contributed by atoms with Crippen LogP contribution in [0.4, 0.5) is 4.39 Å². The number of carboxylic acids is 1. The van der Waals surface area contributed by atoms with E-state index >= 15 is 0 Å². The SMILES string of the molecule is COCc1ccsc1C(=O)N(CC(=O)O)Cc1ccc(F)cc1. The molecule has 1 amide bonds. The van der Waals surface area contributed by atoms with Gasteiger partial charge in [-0.05, 0) is 29.1 Å². The van der Waals surface area contributed by atoms with Crippen molar-refractivity contribution in [2.75, 3.05) is 13.7 Å². The zero-order chi connectivity index (χ0) is 16.8. The van der Waals surface area contributed by atoms with Gasteiger partial charge in [0, 0.05) is 19.2 Å². The minimum atomic E-state index is -1.11. The molecule has 1 N–H and O–H groups in total. The fourth-order valence-electron chi connectivity index (χ4n) is 2.11. The monoisotopic (exact) mass is 337 g/mol. The molecule has 1 aromatic heterocycles. The highest BCUT2D eigenvalue weighted by atomic mass is 32.1. The van der Waals surface area contributed by atoms with E-state index in [4.69, 9.17) is 9.84 Å². The van der Waals surface area contributed by atoms with Crippen LogP contribution < -0.4 is 0 Å². The van der Waals surface area contributed by atoms with Gasteiger partial charge in [-0.2, -0.15) is 0 Å². The van der Waals surface area contributed by atoms with Crippen molar-refractivity contribution in [3.8, 4) is 0 Å². The summed E-state index contributed by atoms with van der Waals surface area (Å²) in [4.78, 5) is 25.4. The van der Waals surface area contributed by atoms with Crippen molar-refractivity contribution < 1.29 is 23.8 Å². The van der Waals surface area contributed by atoms with Gasteiger partial charge in [0.15, 0.2) is 0 Å². The van der Waals surface area contributed by atoms with E-state index in [2.05, 4.69) is 0 Å². The molecular formula is C16H16FNO4S. The Morgan fingerprint density at radius 2 is 1.96 bits per heavy atom. The lowest BCUT2D eigenvalue weighted by Crippen LogP contribution is -2.35. The number of carbonyl (C=O) groups is 2. The molecule has 1 aromatic carbocycles. The third-order valence-corrected chi connectivity index (χ3v) is 4.09. The molecule has 0 fully saturated rings. The van der Waals surface area contributed by atoms with E-state index in [9.17, 15) is 14.0 Å². The quantitative estimate of drug-likeness (QED) is 0.844. The van der Waals surface area contributed by atoms with Crippen LogP contribution in [0.25, 0.3) is 0 Å². The smallest absolute Gasteiger partial charge is 0.323 e. The van der Waals surface area contributed by atoms with Gasteiger partial charge in [-0.1, -0.05) is 12.1 Å². The summed E-state index contributed by atoms with van der Waals surface area (Å²) in [5.74, 6) is -1.87. The summed E-state index contributed by atoms with van der Waals surface area (Å²) in [5, 5.41) is 10.8. The normalized spacial score (nSPS) is 10.5. The number of carboxylic acid groups (broad SMARTS) is 1. The average Bonchev–Trinajstić information content (AvgIpc) is 2.96. The number of hydrogen-bond donors (Lipinski definition) is 1. The minimum Gasteiger partial charge on any atom is -0.480 e. The summed E-state index contributed by atoms with van der Waals surface area (Å²) in [6.07, 6.45) is 0. The lowest BCUT2D eigenvalue weighted by molar-refractivity contribution is -0.137. The van der Waals surface area contributed by atoms with Crippen LogP contribution in [0.15, 0.2) is 35.7 Å². The number of methoxy groups -OCH3 is 1. The van der Waals surface area contributed by atoms with Crippen molar-refractivity contribution in [2.45, 2.75) is 13.2 Å². The summed E-state index contributed by atoms with van der Waals surface area (Å²) in [5.41, 5.74) is 1.38. The first-order valence-electron chi connectivity index (χ1n) is 6.82. The van der Waals surface area contributed by atoms with Gasteiger partial charge >= 0.3 is 5.97 Å². The second-order valence-electron chi connectivity index (χ2n) is 4.89. The molecule has 0 aliphatic carbocycles. The zero-order valence-electron chi connectivity index (χ0n) is 12.5. The van der Waals surface area contributed by atoms with Gasteiger partial charge in [0.25, 0.3) is 5.91 Å². The lowest BCUT2D eigenvalue weighted by atomic mass is 10.2. The van der Waals surface area contributed by atoms with E-state index < -0.39 is 12.5 Å². The van der Waals surface area contributed by atoms with Crippen LogP contribution in [0.5, 0.6) is 0 Å². The van der Waals surface area contributed by atoms with Crippen molar-refractivity contribution in [3.05, 3.63) is 57.5 Å². The second kappa shape index (κ2) is 7.85. The number of benzene rings is 1. The number of thiophene rings is 1. The summed E-state index contributed by atoms with van der Waals surface area (Å²) in [6, 6.07) is 7.39. The Kier molecular flexibility index (Phi) is 5.84. The van der Waals surface area contributed by atoms with Gasteiger partial charge in [-0.3, -0.25) is 9.59 Å². The molecule has 0 spiro atoms. The zero-order valence-corrected chi connectivity index (χ0v) is 13.3. The number of hydrogen-bond acceptors (Lipinski definition) is 4. The maximum Gasteiger partial charge on any atom is 0.323 e. The fraction of sp³-hybridized carbons (Fsp3) is 0.250. The maximum atomic E-state index is 13.0. The Hall–Kier alpha value is -2.25. The van der Waals surface area contributed by atoms with Crippen molar-refractivity contribution in [2.24, 2.45) is 0 Å².